The molecule has 1 aliphatic heterocycles. The van der Waals surface area contributed by atoms with Crippen LogP contribution in [0.3, 0.4) is 0 Å². The minimum Gasteiger partial charge on any atom is -0.495 e. The van der Waals surface area contributed by atoms with Crippen molar-refractivity contribution in [3.8, 4) is 5.75 Å². The Balaban J connectivity index is 1.83. The summed E-state index contributed by atoms with van der Waals surface area (Å²) in [5, 5.41) is 0. The van der Waals surface area contributed by atoms with E-state index in [-0.39, 0.29) is 35.1 Å². The highest BCUT2D eigenvalue weighted by atomic mass is 32.2. The van der Waals surface area contributed by atoms with E-state index in [1.165, 1.54) is 36.5 Å². The van der Waals surface area contributed by atoms with Crippen molar-refractivity contribution in [2.45, 2.75) is 31.8 Å². The van der Waals surface area contributed by atoms with Gasteiger partial charge in [-0.2, -0.15) is 4.31 Å². The van der Waals surface area contributed by atoms with E-state index in [9.17, 15) is 18.0 Å². The molecule has 172 valence electrons. The lowest BCUT2D eigenvalue weighted by molar-refractivity contribution is 0.0318. The van der Waals surface area contributed by atoms with Crippen LogP contribution < -0.4 is 4.74 Å². The van der Waals surface area contributed by atoms with E-state index in [0.29, 0.717) is 18.8 Å². The minimum atomic E-state index is -3.90. The van der Waals surface area contributed by atoms with Crippen molar-refractivity contribution in [3.05, 3.63) is 58.7 Å². The molecule has 0 spiro atoms. The Hall–Kier alpha value is -2.75. The second-order valence-electron chi connectivity index (χ2n) is 7.59. The molecule has 8 nitrogen and oxygen atoms in total. The number of hydrogen-bond acceptors (Lipinski definition) is 7. The standard InChI is InChI=1S/C23H27NO7S/c1-15-5-6-18(13-16(15)2)22(25)17(3)31-23(26)19-7-8-20(29-4)21(14-19)32(27,28)24-9-11-30-12-10-24/h5-8,13-14,17H,9-12H2,1-4H3. The third-order valence-electron chi connectivity index (χ3n) is 5.43. The zero-order valence-electron chi connectivity index (χ0n) is 18.6. The van der Waals surface area contributed by atoms with Crippen LogP contribution in [0, 0.1) is 13.8 Å². The summed E-state index contributed by atoms with van der Waals surface area (Å²) in [4.78, 5) is 25.3. The molecule has 9 heteroatoms. The second kappa shape index (κ2) is 9.81. The smallest absolute Gasteiger partial charge is 0.338 e. The molecular weight excluding hydrogens is 434 g/mol. The van der Waals surface area contributed by atoms with Gasteiger partial charge in [-0.05, 0) is 56.2 Å². The van der Waals surface area contributed by atoms with Crippen LogP contribution in [0.15, 0.2) is 41.3 Å². The molecule has 1 heterocycles. The van der Waals surface area contributed by atoms with E-state index in [4.69, 9.17) is 14.2 Å². The third-order valence-corrected chi connectivity index (χ3v) is 7.35. The average Bonchev–Trinajstić information content (AvgIpc) is 2.80. The van der Waals surface area contributed by atoms with Gasteiger partial charge in [0.1, 0.15) is 10.6 Å². The Bertz CT molecular complexity index is 1120. The van der Waals surface area contributed by atoms with Gasteiger partial charge in [-0.15, -0.1) is 0 Å². The van der Waals surface area contributed by atoms with E-state index in [2.05, 4.69) is 0 Å². The molecule has 0 bridgehead atoms. The van der Waals surface area contributed by atoms with Crippen LogP contribution in [-0.2, 0) is 19.5 Å². The predicted molar refractivity (Wildman–Crippen MR) is 118 cm³/mol. The molecule has 1 saturated heterocycles. The van der Waals surface area contributed by atoms with Gasteiger partial charge in [0.2, 0.25) is 15.8 Å². The van der Waals surface area contributed by atoms with Crippen LogP contribution in [0.2, 0.25) is 0 Å². The van der Waals surface area contributed by atoms with Gasteiger partial charge in [-0.25, -0.2) is 13.2 Å². The summed E-state index contributed by atoms with van der Waals surface area (Å²) >= 11 is 0. The SMILES string of the molecule is COc1ccc(C(=O)OC(C)C(=O)c2ccc(C)c(C)c2)cc1S(=O)(=O)N1CCOCC1. The lowest BCUT2D eigenvalue weighted by Crippen LogP contribution is -2.40. The van der Waals surface area contributed by atoms with Crippen LogP contribution in [0.25, 0.3) is 0 Å². The van der Waals surface area contributed by atoms with Gasteiger partial charge in [-0.3, -0.25) is 4.79 Å². The predicted octanol–water partition coefficient (Wildman–Crippen LogP) is 2.76. The van der Waals surface area contributed by atoms with Crippen molar-refractivity contribution in [3.63, 3.8) is 0 Å². The summed E-state index contributed by atoms with van der Waals surface area (Å²) in [6.45, 7) is 6.34. The topological polar surface area (TPSA) is 99.2 Å². The summed E-state index contributed by atoms with van der Waals surface area (Å²) < 4.78 is 43.3. The van der Waals surface area contributed by atoms with E-state index >= 15 is 0 Å². The number of Topliss-reactive ketones (excluding diaryl/α,β-unsaturated/α-hetero) is 1. The first-order chi connectivity index (χ1) is 15.1. The first kappa shape index (κ1) is 23.9. The molecule has 0 aliphatic carbocycles. The number of methoxy groups -OCH3 is 1. The summed E-state index contributed by atoms with van der Waals surface area (Å²) in [6, 6.07) is 9.31. The molecule has 0 amide bonds. The quantitative estimate of drug-likeness (QED) is 0.462. The van der Waals surface area contributed by atoms with E-state index < -0.39 is 22.1 Å². The maximum absolute atomic E-state index is 13.1. The number of ketones is 1. The highest BCUT2D eigenvalue weighted by Gasteiger charge is 2.30. The molecule has 2 aromatic rings. The molecule has 2 aromatic carbocycles. The monoisotopic (exact) mass is 461 g/mol. The summed E-state index contributed by atoms with van der Waals surface area (Å²) in [5.74, 6) is -1.01. The Morgan fingerprint density at radius 3 is 2.28 bits per heavy atom. The number of benzene rings is 2. The number of aryl methyl sites for hydroxylation is 2. The number of sulfonamides is 1. The lowest BCUT2D eigenvalue weighted by atomic mass is 10.0. The highest BCUT2D eigenvalue weighted by Crippen LogP contribution is 2.29. The normalized spacial score (nSPS) is 15.8. The van der Waals surface area contributed by atoms with Crippen molar-refractivity contribution in [2.75, 3.05) is 33.4 Å². The summed E-state index contributed by atoms with van der Waals surface area (Å²) in [6.07, 6.45) is -1.04. The number of carbonyl (C=O) groups is 2. The van der Waals surface area contributed by atoms with Crippen LogP contribution in [0.1, 0.15) is 38.8 Å². The molecule has 3 rings (SSSR count). The van der Waals surface area contributed by atoms with E-state index in [1.54, 1.807) is 12.1 Å². The molecule has 1 atom stereocenters. The molecule has 0 radical (unpaired) electrons. The van der Waals surface area contributed by atoms with Gasteiger partial charge in [0.25, 0.3) is 0 Å². The first-order valence-electron chi connectivity index (χ1n) is 10.2. The molecule has 0 N–H and O–H groups in total. The lowest BCUT2D eigenvalue weighted by Gasteiger charge is -2.26. The van der Waals surface area contributed by atoms with E-state index in [1.807, 2.05) is 19.9 Å². The van der Waals surface area contributed by atoms with Crippen molar-refractivity contribution in [1.29, 1.82) is 0 Å². The fraction of sp³-hybridized carbons (Fsp3) is 0.391. The van der Waals surface area contributed by atoms with E-state index in [0.717, 1.165) is 11.1 Å². The number of rotatable bonds is 7. The van der Waals surface area contributed by atoms with Gasteiger partial charge in [0.05, 0.1) is 25.9 Å². The van der Waals surface area contributed by atoms with Gasteiger partial charge in [0, 0.05) is 18.7 Å². The molecule has 1 aliphatic rings. The fourth-order valence-electron chi connectivity index (χ4n) is 3.34. The Kier molecular flexibility index (Phi) is 7.33. The van der Waals surface area contributed by atoms with Crippen molar-refractivity contribution >= 4 is 21.8 Å². The van der Waals surface area contributed by atoms with Gasteiger partial charge in [0.15, 0.2) is 6.10 Å². The van der Waals surface area contributed by atoms with Crippen LogP contribution >= 0.6 is 0 Å². The maximum Gasteiger partial charge on any atom is 0.338 e. The molecule has 0 aromatic heterocycles. The minimum absolute atomic E-state index is 0.0115. The average molecular weight is 462 g/mol. The Morgan fingerprint density at radius 2 is 1.66 bits per heavy atom. The zero-order valence-corrected chi connectivity index (χ0v) is 19.4. The third kappa shape index (κ3) is 5.01. The Morgan fingerprint density at radius 1 is 1.00 bits per heavy atom. The number of ether oxygens (including phenoxy) is 3. The number of esters is 1. The number of carbonyl (C=O) groups excluding carboxylic acids is 2. The fourth-order valence-corrected chi connectivity index (χ4v) is 4.93. The first-order valence-corrected chi connectivity index (χ1v) is 11.7. The number of morpholine rings is 1. The Labute approximate surface area is 188 Å². The molecule has 1 fully saturated rings. The highest BCUT2D eigenvalue weighted by molar-refractivity contribution is 7.89. The van der Waals surface area contributed by atoms with Gasteiger partial charge >= 0.3 is 5.97 Å². The summed E-state index contributed by atoms with van der Waals surface area (Å²) in [5.41, 5.74) is 2.47. The number of hydrogen-bond donors (Lipinski definition) is 0. The van der Waals surface area contributed by atoms with Crippen LogP contribution in [0.5, 0.6) is 5.75 Å². The van der Waals surface area contributed by atoms with Gasteiger partial charge in [-0.1, -0.05) is 12.1 Å². The van der Waals surface area contributed by atoms with Gasteiger partial charge < -0.3 is 14.2 Å². The molecular formula is C23H27NO7S. The second-order valence-corrected chi connectivity index (χ2v) is 9.50. The van der Waals surface area contributed by atoms with Crippen LogP contribution in [-0.4, -0.2) is 64.0 Å². The van der Waals surface area contributed by atoms with Crippen molar-refractivity contribution in [1.82, 2.24) is 4.31 Å². The zero-order chi connectivity index (χ0) is 23.5. The maximum atomic E-state index is 13.1. The molecule has 0 saturated carbocycles. The largest absolute Gasteiger partial charge is 0.495 e. The van der Waals surface area contributed by atoms with Crippen LogP contribution in [0.4, 0.5) is 0 Å². The molecule has 32 heavy (non-hydrogen) atoms. The van der Waals surface area contributed by atoms with Crippen molar-refractivity contribution in [2.24, 2.45) is 0 Å². The number of nitrogens with zero attached hydrogens (tertiary/aromatic N) is 1. The van der Waals surface area contributed by atoms with Crippen molar-refractivity contribution < 1.29 is 32.2 Å². The summed E-state index contributed by atoms with van der Waals surface area (Å²) in [7, 11) is -2.55. The molecule has 1 unspecified atom stereocenters.